The molecule has 1 aliphatic carbocycles. The van der Waals surface area contributed by atoms with Crippen molar-refractivity contribution in [1.29, 1.82) is 0 Å². The molecule has 1 saturated heterocycles. The van der Waals surface area contributed by atoms with E-state index in [1.54, 1.807) is 10.5 Å². The highest BCUT2D eigenvalue weighted by molar-refractivity contribution is 8.05. The molecule has 3 aliphatic rings. The van der Waals surface area contributed by atoms with Gasteiger partial charge in [-0.25, -0.2) is 0 Å². The third-order valence-corrected chi connectivity index (χ3v) is 5.47. The van der Waals surface area contributed by atoms with Gasteiger partial charge in [0, 0.05) is 6.04 Å². The Bertz CT molecular complexity index is 344. The smallest absolute Gasteiger partial charge is 0.0146 e. The standard InChI is InChI=1S/C13H19NS/c1-13-5-6-14(2)10(9-13)8-12-11(13)4-3-7-15-12/h3,7,10H,4-6,8-9H2,1-2H3. The van der Waals surface area contributed by atoms with Crippen molar-refractivity contribution in [2.75, 3.05) is 13.6 Å². The Kier molecular flexibility index (Phi) is 2.26. The number of rotatable bonds is 0. The molecule has 82 valence electrons. The summed E-state index contributed by atoms with van der Waals surface area (Å²) >= 11 is 1.98. The Balaban J connectivity index is 1.99. The molecule has 2 aliphatic heterocycles. The predicted molar refractivity (Wildman–Crippen MR) is 66.8 cm³/mol. The van der Waals surface area contributed by atoms with Gasteiger partial charge in [-0.1, -0.05) is 18.6 Å². The molecule has 2 atom stereocenters. The molecule has 0 amide bonds. The average molecular weight is 221 g/mol. The van der Waals surface area contributed by atoms with E-state index < -0.39 is 0 Å². The van der Waals surface area contributed by atoms with E-state index in [1.807, 2.05) is 11.8 Å². The maximum absolute atomic E-state index is 2.56. The highest BCUT2D eigenvalue weighted by atomic mass is 32.2. The third kappa shape index (κ3) is 1.50. The van der Waals surface area contributed by atoms with Crippen LogP contribution in [0.2, 0.25) is 0 Å². The van der Waals surface area contributed by atoms with Gasteiger partial charge in [-0.3, -0.25) is 0 Å². The maximum Gasteiger partial charge on any atom is 0.0146 e. The lowest BCUT2D eigenvalue weighted by Crippen LogP contribution is -2.47. The summed E-state index contributed by atoms with van der Waals surface area (Å²) in [6.45, 7) is 3.77. The number of allylic oxidation sites excluding steroid dienone is 2. The second kappa shape index (κ2) is 3.39. The predicted octanol–water partition coefficient (Wildman–Crippen LogP) is 3.40. The topological polar surface area (TPSA) is 3.24 Å². The van der Waals surface area contributed by atoms with Gasteiger partial charge in [0.2, 0.25) is 0 Å². The molecule has 1 fully saturated rings. The van der Waals surface area contributed by atoms with Gasteiger partial charge >= 0.3 is 0 Å². The van der Waals surface area contributed by atoms with Crippen LogP contribution in [0.15, 0.2) is 22.0 Å². The van der Waals surface area contributed by atoms with Gasteiger partial charge in [0.25, 0.3) is 0 Å². The molecule has 2 heteroatoms. The Morgan fingerprint density at radius 3 is 3.27 bits per heavy atom. The highest BCUT2D eigenvalue weighted by Crippen LogP contribution is 2.52. The lowest BCUT2D eigenvalue weighted by Gasteiger charge is -2.50. The highest BCUT2D eigenvalue weighted by Gasteiger charge is 2.42. The quantitative estimate of drug-likeness (QED) is 0.617. The van der Waals surface area contributed by atoms with Crippen LogP contribution in [-0.2, 0) is 0 Å². The van der Waals surface area contributed by atoms with Crippen LogP contribution in [0.5, 0.6) is 0 Å². The fraction of sp³-hybridized carbons (Fsp3) is 0.692. The summed E-state index contributed by atoms with van der Waals surface area (Å²) in [5.41, 5.74) is 2.28. The fourth-order valence-electron chi connectivity index (χ4n) is 3.34. The summed E-state index contributed by atoms with van der Waals surface area (Å²) in [5.74, 6) is 0. The SMILES string of the molecule is CN1CCC2(C)CC1CC1=C2CC=CS1. The molecule has 0 radical (unpaired) electrons. The van der Waals surface area contributed by atoms with E-state index in [0.29, 0.717) is 5.41 Å². The van der Waals surface area contributed by atoms with Gasteiger partial charge in [-0.15, -0.1) is 11.8 Å². The van der Waals surface area contributed by atoms with E-state index >= 15 is 0 Å². The van der Waals surface area contributed by atoms with Gasteiger partial charge < -0.3 is 4.90 Å². The molecule has 0 N–H and O–H groups in total. The Morgan fingerprint density at radius 1 is 1.53 bits per heavy atom. The first-order valence-electron chi connectivity index (χ1n) is 5.93. The van der Waals surface area contributed by atoms with E-state index in [-0.39, 0.29) is 0 Å². The van der Waals surface area contributed by atoms with Gasteiger partial charge in [0.15, 0.2) is 0 Å². The van der Waals surface area contributed by atoms with Gasteiger partial charge in [0.05, 0.1) is 0 Å². The Labute approximate surface area is 96.6 Å². The van der Waals surface area contributed by atoms with Crippen molar-refractivity contribution in [3.05, 3.63) is 22.0 Å². The first-order chi connectivity index (χ1) is 7.19. The minimum atomic E-state index is 0.516. The summed E-state index contributed by atoms with van der Waals surface area (Å²) in [4.78, 5) is 4.24. The van der Waals surface area contributed by atoms with E-state index in [1.165, 1.54) is 32.2 Å². The zero-order valence-electron chi connectivity index (χ0n) is 9.62. The summed E-state index contributed by atoms with van der Waals surface area (Å²) in [6, 6.07) is 0.807. The third-order valence-electron chi connectivity index (χ3n) is 4.44. The van der Waals surface area contributed by atoms with Crippen molar-refractivity contribution < 1.29 is 0 Å². The molecule has 0 spiro atoms. The molecule has 2 bridgehead atoms. The molecule has 1 nitrogen and oxygen atoms in total. The zero-order valence-corrected chi connectivity index (χ0v) is 10.4. The summed E-state index contributed by atoms with van der Waals surface area (Å²) in [7, 11) is 2.29. The van der Waals surface area contributed by atoms with Crippen molar-refractivity contribution in [1.82, 2.24) is 4.90 Å². The Morgan fingerprint density at radius 2 is 2.40 bits per heavy atom. The maximum atomic E-state index is 2.56. The van der Waals surface area contributed by atoms with Crippen LogP contribution < -0.4 is 0 Å². The molecule has 0 aromatic rings. The minimum Gasteiger partial charge on any atom is -0.303 e. The molecule has 0 aromatic carbocycles. The number of nitrogens with zero attached hydrogens (tertiary/aromatic N) is 1. The zero-order chi connectivity index (χ0) is 10.5. The van der Waals surface area contributed by atoms with E-state index in [4.69, 9.17) is 0 Å². The van der Waals surface area contributed by atoms with Crippen molar-refractivity contribution in [3.8, 4) is 0 Å². The van der Waals surface area contributed by atoms with Crippen LogP contribution in [-0.4, -0.2) is 24.5 Å². The first kappa shape index (κ1) is 9.98. The molecule has 0 aromatic heterocycles. The minimum absolute atomic E-state index is 0.516. The Hall–Kier alpha value is -0.210. The molecule has 15 heavy (non-hydrogen) atoms. The van der Waals surface area contributed by atoms with Crippen molar-refractivity contribution >= 4 is 11.8 Å². The molecule has 2 unspecified atom stereocenters. The van der Waals surface area contributed by atoms with Crippen LogP contribution in [0.4, 0.5) is 0 Å². The summed E-state index contributed by atoms with van der Waals surface area (Å²) in [6.07, 6.45) is 7.60. The van der Waals surface area contributed by atoms with Gasteiger partial charge in [-0.05, 0) is 55.0 Å². The normalized spacial score (nSPS) is 40.5. The molecular formula is C13H19NS. The number of fused-ring (bicyclic) bond motifs is 3. The van der Waals surface area contributed by atoms with Gasteiger partial charge in [-0.2, -0.15) is 0 Å². The average Bonchev–Trinajstić information content (AvgIpc) is 2.25. The second-order valence-electron chi connectivity index (χ2n) is 5.45. The summed E-state index contributed by atoms with van der Waals surface area (Å²) < 4.78 is 0. The van der Waals surface area contributed by atoms with E-state index in [2.05, 4.69) is 30.4 Å². The lowest BCUT2D eigenvalue weighted by molar-refractivity contribution is 0.0910. The second-order valence-corrected chi connectivity index (χ2v) is 6.45. The van der Waals surface area contributed by atoms with Crippen LogP contribution >= 0.6 is 11.8 Å². The van der Waals surface area contributed by atoms with Crippen molar-refractivity contribution in [2.45, 2.75) is 38.6 Å². The molecule has 0 saturated carbocycles. The van der Waals surface area contributed by atoms with Crippen LogP contribution in [0.1, 0.15) is 32.6 Å². The summed E-state index contributed by atoms with van der Waals surface area (Å²) in [5, 5.41) is 2.28. The number of likely N-dealkylation sites (tertiary alicyclic amines) is 1. The van der Waals surface area contributed by atoms with E-state index in [9.17, 15) is 0 Å². The number of hydrogen-bond acceptors (Lipinski definition) is 2. The van der Waals surface area contributed by atoms with Crippen LogP contribution in [0, 0.1) is 5.41 Å². The van der Waals surface area contributed by atoms with Crippen molar-refractivity contribution in [3.63, 3.8) is 0 Å². The number of piperidine rings is 1. The van der Waals surface area contributed by atoms with Gasteiger partial charge in [0.1, 0.15) is 0 Å². The first-order valence-corrected chi connectivity index (χ1v) is 6.81. The number of hydrogen-bond donors (Lipinski definition) is 0. The monoisotopic (exact) mass is 221 g/mol. The molecule has 3 rings (SSSR count). The van der Waals surface area contributed by atoms with E-state index in [0.717, 1.165) is 6.04 Å². The largest absolute Gasteiger partial charge is 0.303 e. The van der Waals surface area contributed by atoms with Crippen LogP contribution in [0.25, 0.3) is 0 Å². The lowest BCUT2D eigenvalue weighted by atomic mass is 9.66. The number of thioether (sulfide) groups is 1. The fourth-order valence-corrected chi connectivity index (χ4v) is 4.45. The molecule has 2 heterocycles. The van der Waals surface area contributed by atoms with Crippen LogP contribution in [0.3, 0.4) is 0 Å². The van der Waals surface area contributed by atoms with Crippen molar-refractivity contribution in [2.24, 2.45) is 5.41 Å². The molecular weight excluding hydrogens is 202 g/mol.